The largest absolute Gasteiger partial charge is 0.443 e. The van der Waals surface area contributed by atoms with Crippen molar-refractivity contribution in [1.29, 1.82) is 0 Å². The van der Waals surface area contributed by atoms with Crippen LogP contribution in [0.25, 0.3) is 0 Å². The van der Waals surface area contributed by atoms with Crippen molar-refractivity contribution in [2.45, 2.75) is 17.5 Å². The third kappa shape index (κ3) is 3.34. The van der Waals surface area contributed by atoms with Crippen molar-refractivity contribution < 1.29 is 13.2 Å². The van der Waals surface area contributed by atoms with Crippen LogP contribution in [0.5, 0.6) is 0 Å². The molecule has 2 nitrogen and oxygen atoms in total. The zero-order valence-corrected chi connectivity index (χ0v) is 12.1. The maximum Gasteiger partial charge on any atom is 0.443 e. The lowest BCUT2D eigenvalue weighted by atomic mass is 10.2. The van der Waals surface area contributed by atoms with Gasteiger partial charge in [-0.25, -0.2) is 4.98 Å². The van der Waals surface area contributed by atoms with Gasteiger partial charge in [0.25, 0.3) is 0 Å². The molecule has 0 aromatic carbocycles. The SMILES string of the molecule is CNC(c1cnc(C(F)(F)F)s1)C1CSCCS1. The molecule has 18 heavy (non-hydrogen) atoms. The minimum absolute atomic E-state index is 0.0450. The molecule has 2 unspecified atom stereocenters. The van der Waals surface area contributed by atoms with Crippen molar-refractivity contribution in [3.8, 4) is 0 Å². The Morgan fingerprint density at radius 1 is 1.44 bits per heavy atom. The Hall–Kier alpha value is 0.0800. The van der Waals surface area contributed by atoms with Gasteiger partial charge in [0.1, 0.15) is 0 Å². The van der Waals surface area contributed by atoms with Crippen LogP contribution in [0, 0.1) is 0 Å². The number of halogens is 3. The normalized spacial score (nSPS) is 23.0. The Bertz CT molecular complexity index is 388. The summed E-state index contributed by atoms with van der Waals surface area (Å²) in [5, 5.41) is 2.68. The predicted octanol–water partition coefficient (Wildman–Crippen LogP) is 3.27. The van der Waals surface area contributed by atoms with Gasteiger partial charge in [-0.1, -0.05) is 0 Å². The number of thiazole rings is 1. The Kier molecular flexibility index (Phi) is 4.85. The first kappa shape index (κ1) is 14.5. The second-order valence-electron chi connectivity index (χ2n) is 3.82. The summed E-state index contributed by atoms with van der Waals surface area (Å²) in [4.78, 5) is 4.16. The van der Waals surface area contributed by atoms with Crippen LogP contribution in [0.1, 0.15) is 15.9 Å². The standard InChI is InChI=1S/C10H13F3N2S3/c1-14-8(7-5-16-2-3-17-7)6-4-15-9(18-6)10(11,12)13/h4,7-8,14H,2-3,5H2,1H3. The summed E-state index contributed by atoms with van der Waals surface area (Å²) in [6.07, 6.45) is -2.98. The quantitative estimate of drug-likeness (QED) is 0.925. The van der Waals surface area contributed by atoms with Crippen LogP contribution >= 0.6 is 34.9 Å². The molecule has 0 aliphatic carbocycles. The monoisotopic (exact) mass is 314 g/mol. The molecular weight excluding hydrogens is 301 g/mol. The highest BCUT2D eigenvalue weighted by Crippen LogP contribution is 2.38. The molecule has 0 spiro atoms. The number of aromatic nitrogens is 1. The van der Waals surface area contributed by atoms with Gasteiger partial charge in [0, 0.05) is 33.6 Å². The van der Waals surface area contributed by atoms with Crippen LogP contribution in [-0.2, 0) is 6.18 Å². The maximum absolute atomic E-state index is 12.5. The molecule has 2 heterocycles. The molecular formula is C10H13F3N2S3. The Balaban J connectivity index is 2.14. The summed E-state index contributed by atoms with van der Waals surface area (Å²) in [6.45, 7) is 0. The van der Waals surface area contributed by atoms with Crippen molar-refractivity contribution in [2.75, 3.05) is 24.3 Å². The maximum atomic E-state index is 12.5. The third-order valence-electron chi connectivity index (χ3n) is 2.60. The fourth-order valence-electron chi connectivity index (χ4n) is 1.77. The first-order valence-corrected chi connectivity index (χ1v) is 8.44. The van der Waals surface area contributed by atoms with E-state index in [9.17, 15) is 13.2 Å². The van der Waals surface area contributed by atoms with E-state index in [0.29, 0.717) is 10.1 Å². The first-order valence-electron chi connectivity index (χ1n) is 5.42. The molecule has 1 aliphatic rings. The zero-order chi connectivity index (χ0) is 13.2. The molecule has 2 atom stereocenters. The van der Waals surface area contributed by atoms with Crippen molar-refractivity contribution >= 4 is 34.9 Å². The van der Waals surface area contributed by atoms with E-state index in [4.69, 9.17) is 0 Å². The lowest BCUT2D eigenvalue weighted by molar-refractivity contribution is -0.137. The van der Waals surface area contributed by atoms with Crippen LogP contribution in [-0.4, -0.2) is 34.5 Å². The molecule has 0 radical (unpaired) electrons. The Labute approximate surface area is 116 Å². The molecule has 1 aromatic rings. The highest BCUT2D eigenvalue weighted by atomic mass is 32.2. The van der Waals surface area contributed by atoms with Gasteiger partial charge in [0.15, 0.2) is 5.01 Å². The predicted molar refractivity (Wildman–Crippen MR) is 72.5 cm³/mol. The number of thioether (sulfide) groups is 2. The molecule has 1 aliphatic heterocycles. The average molecular weight is 314 g/mol. The fourth-order valence-corrected chi connectivity index (χ4v) is 5.72. The summed E-state index contributed by atoms with van der Waals surface area (Å²) in [7, 11) is 1.79. The van der Waals surface area contributed by atoms with Crippen LogP contribution < -0.4 is 5.32 Å². The average Bonchev–Trinajstić information content (AvgIpc) is 2.81. The number of alkyl halides is 3. The number of nitrogens with zero attached hydrogens (tertiary/aromatic N) is 1. The number of rotatable bonds is 3. The molecule has 1 N–H and O–H groups in total. The summed E-state index contributed by atoms with van der Waals surface area (Å²) in [6, 6.07) is -0.0450. The van der Waals surface area contributed by atoms with E-state index in [1.807, 2.05) is 23.5 Å². The Morgan fingerprint density at radius 2 is 2.22 bits per heavy atom. The molecule has 0 amide bonds. The van der Waals surface area contributed by atoms with Crippen molar-refractivity contribution in [3.05, 3.63) is 16.1 Å². The van der Waals surface area contributed by atoms with E-state index in [1.165, 1.54) is 6.20 Å². The van der Waals surface area contributed by atoms with Crippen LogP contribution in [0.4, 0.5) is 13.2 Å². The minimum atomic E-state index is -4.34. The van der Waals surface area contributed by atoms with Gasteiger partial charge in [-0.05, 0) is 7.05 Å². The summed E-state index contributed by atoms with van der Waals surface area (Å²) < 4.78 is 37.6. The van der Waals surface area contributed by atoms with Crippen LogP contribution in [0.15, 0.2) is 6.20 Å². The van der Waals surface area contributed by atoms with Gasteiger partial charge >= 0.3 is 6.18 Å². The van der Waals surface area contributed by atoms with Gasteiger partial charge in [0.2, 0.25) is 0 Å². The smallest absolute Gasteiger partial charge is 0.311 e. The van der Waals surface area contributed by atoms with E-state index >= 15 is 0 Å². The lowest BCUT2D eigenvalue weighted by Crippen LogP contribution is -2.30. The van der Waals surface area contributed by atoms with E-state index < -0.39 is 11.2 Å². The lowest BCUT2D eigenvalue weighted by Gasteiger charge is -2.28. The summed E-state index contributed by atoms with van der Waals surface area (Å²) >= 11 is 4.42. The van der Waals surface area contributed by atoms with Gasteiger partial charge in [-0.15, -0.1) is 11.3 Å². The molecule has 1 aromatic heterocycles. The number of nitrogens with one attached hydrogen (secondary N) is 1. The second kappa shape index (κ2) is 6.02. The second-order valence-corrected chi connectivity index (χ2v) is 7.38. The number of hydrogen-bond donors (Lipinski definition) is 1. The third-order valence-corrected chi connectivity index (χ3v) is 6.59. The molecule has 8 heteroatoms. The molecule has 2 rings (SSSR count). The molecule has 102 valence electrons. The van der Waals surface area contributed by atoms with E-state index in [2.05, 4.69) is 10.3 Å². The first-order chi connectivity index (χ1) is 8.52. The van der Waals surface area contributed by atoms with Gasteiger partial charge < -0.3 is 5.32 Å². The van der Waals surface area contributed by atoms with E-state index in [1.54, 1.807) is 7.05 Å². The summed E-state index contributed by atoms with van der Waals surface area (Å²) in [5.41, 5.74) is 0. The van der Waals surface area contributed by atoms with Gasteiger partial charge in [-0.2, -0.15) is 36.7 Å². The molecule has 0 saturated carbocycles. The van der Waals surface area contributed by atoms with Crippen molar-refractivity contribution in [2.24, 2.45) is 0 Å². The highest BCUT2D eigenvalue weighted by Gasteiger charge is 2.36. The molecule has 1 saturated heterocycles. The van der Waals surface area contributed by atoms with E-state index in [-0.39, 0.29) is 6.04 Å². The van der Waals surface area contributed by atoms with Gasteiger partial charge in [0.05, 0.1) is 6.04 Å². The van der Waals surface area contributed by atoms with Crippen LogP contribution in [0.2, 0.25) is 0 Å². The van der Waals surface area contributed by atoms with Crippen LogP contribution in [0.3, 0.4) is 0 Å². The minimum Gasteiger partial charge on any atom is -0.311 e. The zero-order valence-electron chi connectivity index (χ0n) is 9.66. The Morgan fingerprint density at radius 3 is 2.72 bits per heavy atom. The fraction of sp³-hybridized carbons (Fsp3) is 0.700. The van der Waals surface area contributed by atoms with Crippen molar-refractivity contribution in [3.63, 3.8) is 0 Å². The van der Waals surface area contributed by atoms with Gasteiger partial charge in [-0.3, -0.25) is 0 Å². The topological polar surface area (TPSA) is 24.9 Å². The van der Waals surface area contributed by atoms with Crippen molar-refractivity contribution in [1.82, 2.24) is 10.3 Å². The highest BCUT2D eigenvalue weighted by molar-refractivity contribution is 8.06. The molecule has 1 fully saturated rings. The summed E-state index contributed by atoms with van der Waals surface area (Å²) in [5.74, 6) is 3.14. The molecule has 0 bridgehead atoms. The number of hydrogen-bond acceptors (Lipinski definition) is 5. The van der Waals surface area contributed by atoms with E-state index in [0.717, 1.165) is 28.6 Å².